The number of aryl methyl sites for hydroxylation is 1. The summed E-state index contributed by atoms with van der Waals surface area (Å²) in [6.45, 7) is 1.01. The number of benzene rings is 1. The molecule has 6 nitrogen and oxygen atoms in total. The quantitative estimate of drug-likeness (QED) is 0.781. The van der Waals surface area contributed by atoms with Gasteiger partial charge < -0.3 is 0 Å². The van der Waals surface area contributed by atoms with E-state index in [4.69, 9.17) is 5.26 Å². The summed E-state index contributed by atoms with van der Waals surface area (Å²) in [4.78, 5) is 0.211. The van der Waals surface area contributed by atoms with Crippen LogP contribution in [0.5, 0.6) is 0 Å². The number of hydrogen-bond donors (Lipinski definition) is 1. The predicted molar refractivity (Wildman–Crippen MR) is 77.8 cm³/mol. The minimum atomic E-state index is -3.50. The highest BCUT2D eigenvalue weighted by Crippen LogP contribution is 2.10. The molecule has 21 heavy (non-hydrogen) atoms. The Morgan fingerprint density at radius 1 is 1.29 bits per heavy atom. The van der Waals surface area contributed by atoms with Gasteiger partial charge in [-0.1, -0.05) is 12.1 Å². The second-order valence-electron chi connectivity index (χ2n) is 4.50. The second kappa shape index (κ2) is 7.02. The normalized spacial score (nSPS) is 11.2. The van der Waals surface area contributed by atoms with Crippen LogP contribution in [0.4, 0.5) is 0 Å². The smallest absolute Gasteiger partial charge is 0.240 e. The molecule has 0 fully saturated rings. The van der Waals surface area contributed by atoms with Crippen LogP contribution in [-0.2, 0) is 23.0 Å². The Bertz CT molecular complexity index is 700. The maximum Gasteiger partial charge on any atom is 0.240 e. The molecule has 0 aliphatic rings. The summed E-state index contributed by atoms with van der Waals surface area (Å²) in [5.41, 5.74) is 0.801. The molecular weight excluding hydrogens is 288 g/mol. The van der Waals surface area contributed by atoms with Crippen molar-refractivity contribution in [1.29, 1.82) is 5.26 Å². The molecule has 0 unspecified atom stereocenters. The van der Waals surface area contributed by atoms with Gasteiger partial charge in [-0.25, -0.2) is 13.1 Å². The fraction of sp³-hybridized carbons (Fsp3) is 0.286. The lowest BCUT2D eigenvalue weighted by molar-refractivity contribution is 0.553. The van der Waals surface area contributed by atoms with Gasteiger partial charge in [0.1, 0.15) is 0 Å². The molecular formula is C14H16N4O2S. The maximum atomic E-state index is 12.1. The molecule has 7 heteroatoms. The van der Waals surface area contributed by atoms with E-state index in [1.165, 1.54) is 12.1 Å². The standard InChI is InChI=1S/C14H16N4O2S/c15-8-7-13-3-5-14(6-4-13)21(19,20)17-10-2-12-18-11-1-9-16-18/h1,3-6,9,11,17H,2,7,10,12H2. The summed E-state index contributed by atoms with van der Waals surface area (Å²) < 4.78 is 28.4. The van der Waals surface area contributed by atoms with E-state index in [0.717, 1.165) is 5.56 Å². The summed E-state index contributed by atoms with van der Waals surface area (Å²) in [6.07, 6.45) is 4.46. The number of hydrogen-bond acceptors (Lipinski definition) is 4. The molecule has 2 aromatic rings. The van der Waals surface area contributed by atoms with E-state index < -0.39 is 10.0 Å². The Kier molecular flexibility index (Phi) is 5.09. The summed E-state index contributed by atoms with van der Waals surface area (Å²) in [7, 11) is -3.50. The average Bonchev–Trinajstić information content (AvgIpc) is 2.98. The second-order valence-corrected chi connectivity index (χ2v) is 6.27. The lowest BCUT2D eigenvalue weighted by atomic mass is 10.2. The number of aromatic nitrogens is 2. The van der Waals surface area contributed by atoms with Crippen molar-refractivity contribution in [3.05, 3.63) is 48.3 Å². The largest absolute Gasteiger partial charge is 0.273 e. The highest BCUT2D eigenvalue weighted by Gasteiger charge is 2.12. The third-order valence-corrected chi connectivity index (χ3v) is 4.41. The number of sulfonamides is 1. The molecule has 1 heterocycles. The van der Waals surface area contributed by atoms with Crippen molar-refractivity contribution < 1.29 is 8.42 Å². The van der Waals surface area contributed by atoms with Gasteiger partial charge in [-0.2, -0.15) is 10.4 Å². The highest BCUT2D eigenvalue weighted by atomic mass is 32.2. The number of nitriles is 1. The lowest BCUT2D eigenvalue weighted by Gasteiger charge is -2.07. The van der Waals surface area contributed by atoms with Gasteiger partial charge in [0, 0.05) is 25.5 Å². The molecule has 0 amide bonds. The molecule has 0 bridgehead atoms. The van der Waals surface area contributed by atoms with Crippen LogP contribution in [0.2, 0.25) is 0 Å². The van der Waals surface area contributed by atoms with E-state index >= 15 is 0 Å². The Hall–Kier alpha value is -2.17. The van der Waals surface area contributed by atoms with Gasteiger partial charge in [-0.15, -0.1) is 0 Å². The van der Waals surface area contributed by atoms with E-state index in [1.807, 2.05) is 18.3 Å². The molecule has 0 saturated heterocycles. The van der Waals surface area contributed by atoms with E-state index in [0.29, 0.717) is 19.5 Å². The Morgan fingerprint density at radius 2 is 2.05 bits per heavy atom. The monoisotopic (exact) mass is 304 g/mol. The van der Waals surface area contributed by atoms with Gasteiger partial charge >= 0.3 is 0 Å². The van der Waals surface area contributed by atoms with Crippen molar-refractivity contribution in [2.75, 3.05) is 6.54 Å². The summed E-state index contributed by atoms with van der Waals surface area (Å²) in [5, 5.41) is 12.6. The molecule has 0 aliphatic heterocycles. The van der Waals surface area contributed by atoms with Crippen molar-refractivity contribution in [3.63, 3.8) is 0 Å². The van der Waals surface area contributed by atoms with Crippen LogP contribution >= 0.6 is 0 Å². The zero-order chi connectivity index (χ0) is 15.1. The van der Waals surface area contributed by atoms with Crippen molar-refractivity contribution in [2.24, 2.45) is 0 Å². The first kappa shape index (κ1) is 15.2. The van der Waals surface area contributed by atoms with E-state index in [-0.39, 0.29) is 11.3 Å². The first-order valence-corrected chi connectivity index (χ1v) is 8.03. The molecule has 1 aromatic carbocycles. The lowest BCUT2D eigenvalue weighted by Crippen LogP contribution is -2.25. The molecule has 110 valence electrons. The van der Waals surface area contributed by atoms with Crippen LogP contribution in [0.15, 0.2) is 47.6 Å². The van der Waals surface area contributed by atoms with Crippen molar-refractivity contribution in [2.45, 2.75) is 24.3 Å². The van der Waals surface area contributed by atoms with Crippen molar-refractivity contribution >= 4 is 10.0 Å². The molecule has 1 aromatic heterocycles. The summed E-state index contributed by atoms with van der Waals surface area (Å²) in [6, 6.07) is 10.2. The summed E-state index contributed by atoms with van der Waals surface area (Å²) >= 11 is 0. The fourth-order valence-corrected chi connectivity index (χ4v) is 2.92. The number of nitrogens with one attached hydrogen (secondary N) is 1. The fourth-order valence-electron chi connectivity index (χ4n) is 1.84. The third-order valence-electron chi connectivity index (χ3n) is 2.93. The molecule has 0 aliphatic carbocycles. The Morgan fingerprint density at radius 3 is 2.67 bits per heavy atom. The van der Waals surface area contributed by atoms with Crippen molar-refractivity contribution in [3.8, 4) is 6.07 Å². The Labute approximate surface area is 124 Å². The third kappa shape index (κ3) is 4.41. The van der Waals surface area contributed by atoms with Crippen molar-refractivity contribution in [1.82, 2.24) is 14.5 Å². The number of nitrogens with zero attached hydrogens (tertiary/aromatic N) is 3. The molecule has 2 rings (SSSR count). The topological polar surface area (TPSA) is 87.8 Å². The summed E-state index contributed by atoms with van der Waals surface area (Å²) in [5.74, 6) is 0. The van der Waals surface area contributed by atoms with Crippen LogP contribution in [0.25, 0.3) is 0 Å². The van der Waals surface area contributed by atoms with E-state index in [1.54, 1.807) is 23.0 Å². The van der Waals surface area contributed by atoms with Crippen LogP contribution in [-0.4, -0.2) is 24.7 Å². The molecule has 0 saturated carbocycles. The molecule has 0 radical (unpaired) electrons. The SMILES string of the molecule is N#CCc1ccc(S(=O)(=O)NCCCn2cccn2)cc1. The van der Waals surface area contributed by atoms with Gasteiger partial charge in [0.25, 0.3) is 0 Å². The van der Waals surface area contributed by atoms with Gasteiger partial charge in [0.2, 0.25) is 10.0 Å². The van der Waals surface area contributed by atoms with Crippen LogP contribution < -0.4 is 4.72 Å². The highest BCUT2D eigenvalue weighted by molar-refractivity contribution is 7.89. The Balaban J connectivity index is 1.87. The zero-order valence-corrected chi connectivity index (χ0v) is 12.3. The van der Waals surface area contributed by atoms with Crippen LogP contribution in [0.1, 0.15) is 12.0 Å². The minimum absolute atomic E-state index is 0.211. The maximum absolute atomic E-state index is 12.1. The van der Waals surface area contributed by atoms with Gasteiger partial charge in [-0.05, 0) is 30.2 Å². The van der Waals surface area contributed by atoms with Crippen LogP contribution in [0.3, 0.4) is 0 Å². The van der Waals surface area contributed by atoms with E-state index in [2.05, 4.69) is 9.82 Å². The average molecular weight is 304 g/mol. The van der Waals surface area contributed by atoms with Gasteiger partial charge in [0.15, 0.2) is 0 Å². The first-order valence-electron chi connectivity index (χ1n) is 6.55. The predicted octanol–water partition coefficient (Wildman–Crippen LogP) is 1.32. The molecule has 0 atom stereocenters. The molecule has 1 N–H and O–H groups in total. The van der Waals surface area contributed by atoms with Crippen LogP contribution in [0, 0.1) is 11.3 Å². The molecule has 0 spiro atoms. The number of rotatable bonds is 7. The minimum Gasteiger partial charge on any atom is -0.273 e. The zero-order valence-electron chi connectivity index (χ0n) is 11.4. The van der Waals surface area contributed by atoms with Gasteiger partial charge in [-0.3, -0.25) is 4.68 Å². The van der Waals surface area contributed by atoms with E-state index in [9.17, 15) is 8.42 Å². The first-order chi connectivity index (χ1) is 10.1. The van der Waals surface area contributed by atoms with Gasteiger partial charge in [0.05, 0.1) is 17.4 Å².